The van der Waals surface area contributed by atoms with E-state index < -0.39 is 0 Å². The van der Waals surface area contributed by atoms with Crippen LogP contribution < -0.4 is 4.74 Å². The zero-order chi connectivity index (χ0) is 16.5. The second kappa shape index (κ2) is 6.01. The lowest BCUT2D eigenvalue weighted by Crippen LogP contribution is -2.05. The highest BCUT2D eigenvalue weighted by molar-refractivity contribution is 5.91. The maximum Gasteiger partial charge on any atom is 0.120 e. The summed E-state index contributed by atoms with van der Waals surface area (Å²) < 4.78 is 5.79. The zero-order valence-corrected chi connectivity index (χ0v) is 14.0. The molecule has 4 rings (SSSR count). The molecule has 0 unspecified atom stereocenters. The molecule has 0 aromatic heterocycles. The van der Waals surface area contributed by atoms with Crippen molar-refractivity contribution in [1.29, 1.82) is 0 Å². The molecule has 0 saturated carbocycles. The third kappa shape index (κ3) is 2.85. The van der Waals surface area contributed by atoms with Crippen molar-refractivity contribution in [3.05, 3.63) is 78.9 Å². The van der Waals surface area contributed by atoms with Crippen molar-refractivity contribution in [2.45, 2.75) is 20.0 Å². The minimum atomic E-state index is 0.194. The standard InChI is InChI=1S/C23H20O/c1-16(2)24-23-12-11-21-14-20(9-10-22(21)15-23)19-8-7-17-5-3-4-6-18(17)13-19/h3-16H,1-2H3. The van der Waals surface area contributed by atoms with Gasteiger partial charge in [0, 0.05) is 0 Å². The first kappa shape index (κ1) is 14.8. The lowest BCUT2D eigenvalue weighted by atomic mass is 9.98. The van der Waals surface area contributed by atoms with Crippen LogP contribution in [0.3, 0.4) is 0 Å². The molecule has 0 N–H and O–H groups in total. The zero-order valence-electron chi connectivity index (χ0n) is 14.0. The van der Waals surface area contributed by atoms with Crippen molar-refractivity contribution in [2.75, 3.05) is 0 Å². The van der Waals surface area contributed by atoms with E-state index in [1.165, 1.54) is 32.7 Å². The van der Waals surface area contributed by atoms with Crippen LogP contribution in [0.25, 0.3) is 32.7 Å². The van der Waals surface area contributed by atoms with Crippen molar-refractivity contribution in [3.63, 3.8) is 0 Å². The summed E-state index contributed by atoms with van der Waals surface area (Å²) in [5, 5.41) is 4.99. The molecule has 1 heteroatoms. The monoisotopic (exact) mass is 312 g/mol. The number of benzene rings is 4. The van der Waals surface area contributed by atoms with Gasteiger partial charge in [0.25, 0.3) is 0 Å². The van der Waals surface area contributed by atoms with E-state index in [-0.39, 0.29) is 6.10 Å². The van der Waals surface area contributed by atoms with Gasteiger partial charge in [-0.25, -0.2) is 0 Å². The van der Waals surface area contributed by atoms with E-state index in [1.54, 1.807) is 0 Å². The summed E-state index contributed by atoms with van der Waals surface area (Å²) in [7, 11) is 0. The predicted molar refractivity (Wildman–Crippen MR) is 103 cm³/mol. The van der Waals surface area contributed by atoms with Gasteiger partial charge < -0.3 is 4.74 Å². The van der Waals surface area contributed by atoms with Crippen molar-refractivity contribution < 1.29 is 4.74 Å². The predicted octanol–water partition coefficient (Wildman–Crippen LogP) is 6.45. The fraction of sp³-hybridized carbons (Fsp3) is 0.130. The van der Waals surface area contributed by atoms with Crippen LogP contribution in [0.5, 0.6) is 5.75 Å². The Morgan fingerprint density at radius 3 is 1.83 bits per heavy atom. The van der Waals surface area contributed by atoms with Gasteiger partial charge >= 0.3 is 0 Å². The van der Waals surface area contributed by atoms with E-state index in [2.05, 4.69) is 72.8 Å². The van der Waals surface area contributed by atoms with Crippen LogP contribution in [0.4, 0.5) is 0 Å². The smallest absolute Gasteiger partial charge is 0.120 e. The second-order valence-electron chi connectivity index (χ2n) is 6.45. The Labute approximate surface area is 142 Å². The molecule has 0 fully saturated rings. The Bertz CT molecular complexity index is 1010. The molecule has 1 nitrogen and oxygen atoms in total. The van der Waals surface area contributed by atoms with Crippen LogP contribution in [0.2, 0.25) is 0 Å². The lowest BCUT2D eigenvalue weighted by molar-refractivity contribution is 0.243. The molecule has 0 amide bonds. The van der Waals surface area contributed by atoms with Crippen molar-refractivity contribution in [2.24, 2.45) is 0 Å². The third-order valence-corrected chi connectivity index (χ3v) is 4.27. The average molecular weight is 312 g/mol. The molecule has 0 atom stereocenters. The average Bonchev–Trinajstić information content (AvgIpc) is 2.60. The summed E-state index contributed by atoms with van der Waals surface area (Å²) in [6.07, 6.45) is 0.194. The summed E-state index contributed by atoms with van der Waals surface area (Å²) in [5.74, 6) is 0.927. The minimum Gasteiger partial charge on any atom is -0.491 e. The normalized spacial score (nSPS) is 11.3. The summed E-state index contributed by atoms with van der Waals surface area (Å²) in [4.78, 5) is 0. The molecule has 0 aliphatic rings. The van der Waals surface area contributed by atoms with Gasteiger partial charge in [-0.05, 0) is 70.8 Å². The quantitative estimate of drug-likeness (QED) is 0.422. The van der Waals surface area contributed by atoms with Crippen molar-refractivity contribution in [3.8, 4) is 16.9 Å². The highest BCUT2D eigenvalue weighted by Crippen LogP contribution is 2.29. The molecule has 4 aromatic carbocycles. The first-order chi connectivity index (χ1) is 11.7. The van der Waals surface area contributed by atoms with E-state index in [9.17, 15) is 0 Å². The summed E-state index contributed by atoms with van der Waals surface area (Å²) in [6, 6.07) is 28.0. The molecule has 0 aliphatic carbocycles. The number of fused-ring (bicyclic) bond motifs is 2. The number of hydrogen-bond donors (Lipinski definition) is 0. The molecule has 118 valence electrons. The van der Waals surface area contributed by atoms with Crippen molar-refractivity contribution in [1.82, 2.24) is 0 Å². The van der Waals surface area contributed by atoms with Gasteiger partial charge in [0.15, 0.2) is 0 Å². The molecular formula is C23H20O. The van der Waals surface area contributed by atoms with Crippen LogP contribution in [-0.2, 0) is 0 Å². The number of ether oxygens (including phenoxy) is 1. The van der Waals surface area contributed by atoms with Gasteiger partial charge in [0.1, 0.15) is 5.75 Å². The van der Waals surface area contributed by atoms with E-state index in [0.29, 0.717) is 0 Å². The molecule has 0 radical (unpaired) electrons. The molecule has 4 aromatic rings. The highest BCUT2D eigenvalue weighted by atomic mass is 16.5. The Kier molecular flexibility index (Phi) is 3.70. The maximum absolute atomic E-state index is 5.79. The number of rotatable bonds is 3. The van der Waals surface area contributed by atoms with E-state index >= 15 is 0 Å². The largest absolute Gasteiger partial charge is 0.491 e. The van der Waals surface area contributed by atoms with Gasteiger partial charge in [-0.3, -0.25) is 0 Å². The summed E-state index contributed by atoms with van der Waals surface area (Å²) in [6.45, 7) is 4.10. The van der Waals surface area contributed by atoms with Crippen LogP contribution in [0, 0.1) is 0 Å². The van der Waals surface area contributed by atoms with Gasteiger partial charge in [0.2, 0.25) is 0 Å². The first-order valence-electron chi connectivity index (χ1n) is 8.39. The first-order valence-corrected chi connectivity index (χ1v) is 8.39. The van der Waals surface area contributed by atoms with E-state index in [0.717, 1.165) is 5.75 Å². The maximum atomic E-state index is 5.79. The molecule has 0 heterocycles. The van der Waals surface area contributed by atoms with Crippen molar-refractivity contribution >= 4 is 21.5 Å². The fourth-order valence-corrected chi connectivity index (χ4v) is 3.12. The molecule has 24 heavy (non-hydrogen) atoms. The highest BCUT2D eigenvalue weighted by Gasteiger charge is 2.04. The van der Waals surface area contributed by atoms with E-state index in [1.807, 2.05) is 19.9 Å². The summed E-state index contributed by atoms with van der Waals surface area (Å²) >= 11 is 0. The van der Waals surface area contributed by atoms with Crippen LogP contribution in [0.15, 0.2) is 78.9 Å². The SMILES string of the molecule is CC(C)Oc1ccc2cc(-c3ccc4ccccc4c3)ccc2c1. The fourth-order valence-electron chi connectivity index (χ4n) is 3.12. The Hall–Kier alpha value is -2.80. The topological polar surface area (TPSA) is 9.23 Å². The molecule has 0 bridgehead atoms. The van der Waals surface area contributed by atoms with Gasteiger partial charge in [-0.2, -0.15) is 0 Å². The van der Waals surface area contributed by atoms with Gasteiger partial charge in [-0.15, -0.1) is 0 Å². The van der Waals surface area contributed by atoms with E-state index in [4.69, 9.17) is 4.74 Å². The van der Waals surface area contributed by atoms with Crippen LogP contribution >= 0.6 is 0 Å². The van der Waals surface area contributed by atoms with Gasteiger partial charge in [0.05, 0.1) is 6.10 Å². The third-order valence-electron chi connectivity index (χ3n) is 4.27. The van der Waals surface area contributed by atoms with Crippen LogP contribution in [-0.4, -0.2) is 6.10 Å². The minimum absolute atomic E-state index is 0.194. The second-order valence-corrected chi connectivity index (χ2v) is 6.45. The van der Waals surface area contributed by atoms with Gasteiger partial charge in [-0.1, -0.05) is 54.6 Å². The Morgan fingerprint density at radius 1 is 0.583 bits per heavy atom. The molecular weight excluding hydrogens is 292 g/mol. The van der Waals surface area contributed by atoms with Crippen LogP contribution in [0.1, 0.15) is 13.8 Å². The number of hydrogen-bond acceptors (Lipinski definition) is 1. The summed E-state index contributed by atoms with van der Waals surface area (Å²) in [5.41, 5.74) is 2.49. The Morgan fingerprint density at radius 2 is 1.12 bits per heavy atom. The molecule has 0 aliphatic heterocycles. The Balaban J connectivity index is 1.76. The lowest BCUT2D eigenvalue weighted by Gasteiger charge is -2.11. The molecule has 0 spiro atoms. The molecule has 0 saturated heterocycles.